The zero-order valence-electron chi connectivity index (χ0n) is 7.27. The Balaban J connectivity index is 2.50. The number of furan rings is 1. The molecule has 0 spiro atoms. The Kier molecular flexibility index (Phi) is 1.28. The first-order valence-electron chi connectivity index (χ1n) is 4.22. The zero-order valence-corrected chi connectivity index (χ0v) is 7.27. The average Bonchev–Trinajstić information content (AvgIpc) is 2.61. The van der Waals surface area contributed by atoms with Gasteiger partial charge >= 0.3 is 0 Å². The summed E-state index contributed by atoms with van der Waals surface area (Å²) in [5.74, 6) is 0.502. The van der Waals surface area contributed by atoms with E-state index >= 15 is 0 Å². The summed E-state index contributed by atoms with van der Waals surface area (Å²) in [6.07, 6.45) is 3.26. The second-order valence-electron chi connectivity index (χ2n) is 3.11. The first kappa shape index (κ1) is 7.32. The highest BCUT2D eigenvalue weighted by molar-refractivity contribution is 5.90. The van der Waals surface area contributed by atoms with Crippen LogP contribution in [0.1, 0.15) is 0 Å². The maximum absolute atomic E-state index is 5.58. The van der Waals surface area contributed by atoms with Crippen LogP contribution in [0.3, 0.4) is 0 Å². The van der Waals surface area contributed by atoms with E-state index in [2.05, 4.69) is 9.97 Å². The van der Waals surface area contributed by atoms with Crippen molar-refractivity contribution in [3.8, 4) is 0 Å². The Hall–Kier alpha value is -2.10. The molecule has 14 heavy (non-hydrogen) atoms. The monoisotopic (exact) mass is 185 g/mol. The van der Waals surface area contributed by atoms with Gasteiger partial charge in [-0.05, 0) is 18.2 Å². The molecule has 2 N–H and O–H groups in total. The molecule has 0 aromatic carbocycles. The van der Waals surface area contributed by atoms with Gasteiger partial charge in [0, 0.05) is 10.8 Å². The summed E-state index contributed by atoms with van der Waals surface area (Å²) >= 11 is 0. The summed E-state index contributed by atoms with van der Waals surface area (Å²) in [5.41, 5.74) is 7.00. The SMILES string of the molecule is Nc1cc2cc3ccoc3nc2cn1. The molecule has 0 atom stereocenters. The molecule has 4 nitrogen and oxygen atoms in total. The number of nitrogens with zero attached hydrogens (tertiary/aromatic N) is 2. The lowest BCUT2D eigenvalue weighted by molar-refractivity contribution is 0.604. The minimum Gasteiger partial charge on any atom is -0.446 e. The highest BCUT2D eigenvalue weighted by Crippen LogP contribution is 2.20. The summed E-state index contributed by atoms with van der Waals surface area (Å²) in [5, 5.41) is 1.95. The van der Waals surface area contributed by atoms with Crippen molar-refractivity contribution in [1.29, 1.82) is 0 Å². The minimum atomic E-state index is 0.502. The molecule has 0 fully saturated rings. The first-order chi connectivity index (χ1) is 6.83. The van der Waals surface area contributed by atoms with Crippen molar-refractivity contribution >= 4 is 27.8 Å². The number of hydrogen-bond acceptors (Lipinski definition) is 4. The normalized spacial score (nSPS) is 11.1. The molecule has 68 valence electrons. The molecule has 3 heterocycles. The number of fused-ring (bicyclic) bond motifs is 2. The van der Waals surface area contributed by atoms with Gasteiger partial charge in [-0.2, -0.15) is 0 Å². The maximum atomic E-state index is 5.58. The van der Waals surface area contributed by atoms with Gasteiger partial charge in [0.25, 0.3) is 0 Å². The number of hydrogen-bond donors (Lipinski definition) is 1. The van der Waals surface area contributed by atoms with E-state index in [-0.39, 0.29) is 0 Å². The molecule has 0 aliphatic heterocycles. The van der Waals surface area contributed by atoms with E-state index in [0.717, 1.165) is 16.3 Å². The lowest BCUT2D eigenvalue weighted by atomic mass is 10.2. The van der Waals surface area contributed by atoms with Crippen molar-refractivity contribution in [3.63, 3.8) is 0 Å². The van der Waals surface area contributed by atoms with Crippen LogP contribution in [0.25, 0.3) is 22.0 Å². The van der Waals surface area contributed by atoms with Crippen LogP contribution in [0.5, 0.6) is 0 Å². The van der Waals surface area contributed by atoms with E-state index in [1.54, 1.807) is 18.5 Å². The summed E-state index contributed by atoms with van der Waals surface area (Å²) in [4.78, 5) is 8.27. The van der Waals surface area contributed by atoms with E-state index in [0.29, 0.717) is 11.5 Å². The zero-order chi connectivity index (χ0) is 9.54. The Morgan fingerprint density at radius 1 is 1.21 bits per heavy atom. The molecule has 0 saturated carbocycles. The van der Waals surface area contributed by atoms with Crippen LogP contribution in [-0.2, 0) is 0 Å². The first-order valence-corrected chi connectivity index (χ1v) is 4.22. The fraction of sp³-hybridized carbons (Fsp3) is 0. The Bertz CT molecular complexity index is 615. The molecule has 3 aromatic rings. The number of nitrogens with two attached hydrogens (primary N) is 1. The fourth-order valence-corrected chi connectivity index (χ4v) is 1.48. The molecule has 4 heteroatoms. The van der Waals surface area contributed by atoms with Gasteiger partial charge in [-0.1, -0.05) is 0 Å². The number of nitrogen functional groups attached to an aromatic ring is 1. The van der Waals surface area contributed by atoms with E-state index in [4.69, 9.17) is 10.2 Å². The molecule has 0 saturated heterocycles. The van der Waals surface area contributed by atoms with Gasteiger partial charge in [0.05, 0.1) is 18.0 Å². The predicted octanol–water partition coefficient (Wildman–Crippen LogP) is 1.96. The van der Waals surface area contributed by atoms with Crippen LogP contribution < -0.4 is 5.73 Å². The predicted molar refractivity (Wildman–Crippen MR) is 53.7 cm³/mol. The van der Waals surface area contributed by atoms with Crippen LogP contribution in [-0.4, -0.2) is 9.97 Å². The molecule has 0 aliphatic carbocycles. The highest BCUT2D eigenvalue weighted by Gasteiger charge is 2.02. The van der Waals surface area contributed by atoms with Crippen molar-refractivity contribution < 1.29 is 4.42 Å². The van der Waals surface area contributed by atoms with E-state index in [1.165, 1.54) is 0 Å². The third-order valence-corrected chi connectivity index (χ3v) is 2.14. The summed E-state index contributed by atoms with van der Waals surface area (Å²) in [6.45, 7) is 0. The Morgan fingerprint density at radius 3 is 3.07 bits per heavy atom. The topological polar surface area (TPSA) is 64.9 Å². The van der Waals surface area contributed by atoms with Crippen LogP contribution in [0, 0.1) is 0 Å². The molecule has 3 rings (SSSR count). The second kappa shape index (κ2) is 2.45. The van der Waals surface area contributed by atoms with E-state index < -0.39 is 0 Å². The van der Waals surface area contributed by atoms with Gasteiger partial charge in [0.15, 0.2) is 0 Å². The van der Waals surface area contributed by atoms with Crippen molar-refractivity contribution in [1.82, 2.24) is 9.97 Å². The molecule has 3 aromatic heterocycles. The van der Waals surface area contributed by atoms with Gasteiger partial charge in [0.2, 0.25) is 5.71 Å². The number of pyridine rings is 2. The van der Waals surface area contributed by atoms with E-state index in [9.17, 15) is 0 Å². The largest absolute Gasteiger partial charge is 0.446 e. The van der Waals surface area contributed by atoms with Crippen molar-refractivity contribution in [2.75, 3.05) is 5.73 Å². The Labute approximate surface area is 79.4 Å². The Morgan fingerprint density at radius 2 is 2.14 bits per heavy atom. The van der Waals surface area contributed by atoms with Gasteiger partial charge in [0.1, 0.15) is 5.82 Å². The molecular formula is C10H7N3O. The van der Waals surface area contributed by atoms with Gasteiger partial charge in [-0.3, -0.25) is 0 Å². The number of rotatable bonds is 0. The smallest absolute Gasteiger partial charge is 0.226 e. The molecular weight excluding hydrogens is 178 g/mol. The maximum Gasteiger partial charge on any atom is 0.226 e. The average molecular weight is 185 g/mol. The quantitative estimate of drug-likeness (QED) is 0.581. The van der Waals surface area contributed by atoms with Gasteiger partial charge in [-0.25, -0.2) is 9.97 Å². The van der Waals surface area contributed by atoms with Gasteiger partial charge < -0.3 is 10.2 Å². The minimum absolute atomic E-state index is 0.502. The van der Waals surface area contributed by atoms with Crippen LogP contribution >= 0.6 is 0 Å². The van der Waals surface area contributed by atoms with Crippen molar-refractivity contribution in [2.24, 2.45) is 0 Å². The van der Waals surface area contributed by atoms with Crippen LogP contribution in [0.15, 0.2) is 35.1 Å². The molecule has 0 aliphatic rings. The lowest BCUT2D eigenvalue weighted by Gasteiger charge is -1.97. The third-order valence-electron chi connectivity index (χ3n) is 2.14. The van der Waals surface area contributed by atoms with Crippen molar-refractivity contribution in [2.45, 2.75) is 0 Å². The fourth-order valence-electron chi connectivity index (χ4n) is 1.48. The van der Waals surface area contributed by atoms with Crippen molar-refractivity contribution in [3.05, 3.63) is 30.7 Å². The second-order valence-corrected chi connectivity index (χ2v) is 3.11. The highest BCUT2D eigenvalue weighted by atomic mass is 16.3. The third kappa shape index (κ3) is 0.939. The summed E-state index contributed by atoms with van der Waals surface area (Å²) in [7, 11) is 0. The number of anilines is 1. The van der Waals surface area contributed by atoms with Crippen LogP contribution in [0.2, 0.25) is 0 Å². The summed E-state index contributed by atoms with van der Waals surface area (Å²) < 4.78 is 5.19. The molecule has 0 unspecified atom stereocenters. The number of aromatic nitrogens is 2. The summed E-state index contributed by atoms with van der Waals surface area (Å²) in [6, 6.07) is 5.66. The molecule has 0 bridgehead atoms. The van der Waals surface area contributed by atoms with E-state index in [1.807, 2.05) is 12.1 Å². The molecule has 0 amide bonds. The standard InChI is InChI=1S/C10H7N3O/c11-9-4-7-3-6-1-2-14-10(6)13-8(7)5-12-9/h1-5H,(H2,11,12). The lowest BCUT2D eigenvalue weighted by Crippen LogP contribution is -1.89. The van der Waals surface area contributed by atoms with Gasteiger partial charge in [-0.15, -0.1) is 0 Å². The molecule has 0 radical (unpaired) electrons. The van der Waals surface area contributed by atoms with Crippen LogP contribution in [0.4, 0.5) is 5.82 Å².